The van der Waals surface area contributed by atoms with Crippen molar-refractivity contribution in [2.45, 2.75) is 64.2 Å². The van der Waals surface area contributed by atoms with Gasteiger partial charge in [0.25, 0.3) is 5.91 Å². The lowest BCUT2D eigenvalue weighted by atomic mass is 9.99. The lowest BCUT2D eigenvalue weighted by Crippen LogP contribution is -2.19. The molecule has 2 aromatic carbocycles. The number of carbonyl (C=O) groups excluding carboxylic acids is 1. The van der Waals surface area contributed by atoms with Gasteiger partial charge in [0.05, 0.1) is 23.9 Å². The average Bonchev–Trinajstić information content (AvgIpc) is 2.89. The van der Waals surface area contributed by atoms with Crippen LogP contribution in [0.25, 0.3) is 10.9 Å². The van der Waals surface area contributed by atoms with Crippen LogP contribution in [0.1, 0.15) is 73.7 Å². The van der Waals surface area contributed by atoms with Crippen LogP contribution in [0.15, 0.2) is 48.7 Å². The average molecular weight is 477 g/mol. The standard InChI is InChI=1S/C29H40N4O2/c1-31-29(34)25-21-32-26-20-27(35-2)22(15-11-8-6-4-3-5-7-9-14-18-30)19-24(26)28(25)33-23-16-12-10-13-17-23/h10,12-13,16-17,19-21H,3-9,11,14-15,18,30H2,1-2H3,(H,31,34)(H,32,33). The Balaban J connectivity index is 1.73. The van der Waals surface area contributed by atoms with Gasteiger partial charge < -0.3 is 21.1 Å². The van der Waals surface area contributed by atoms with E-state index in [1.54, 1.807) is 20.4 Å². The Kier molecular flexibility index (Phi) is 10.8. The fraction of sp³-hybridized carbons (Fsp3) is 0.448. The zero-order chi connectivity index (χ0) is 24.9. The first-order valence-corrected chi connectivity index (χ1v) is 12.9. The first kappa shape index (κ1) is 26.5. The number of pyridine rings is 1. The summed E-state index contributed by atoms with van der Waals surface area (Å²) < 4.78 is 5.70. The van der Waals surface area contributed by atoms with Gasteiger partial charge in [-0.15, -0.1) is 0 Å². The zero-order valence-electron chi connectivity index (χ0n) is 21.2. The number of nitrogens with one attached hydrogen (secondary N) is 2. The number of anilines is 2. The smallest absolute Gasteiger partial charge is 0.254 e. The van der Waals surface area contributed by atoms with Crippen LogP contribution in [0, 0.1) is 0 Å². The summed E-state index contributed by atoms with van der Waals surface area (Å²) in [6.45, 7) is 0.811. The summed E-state index contributed by atoms with van der Waals surface area (Å²) in [4.78, 5) is 17.2. The second-order valence-corrected chi connectivity index (χ2v) is 9.02. The molecule has 0 spiro atoms. The molecule has 0 saturated heterocycles. The Morgan fingerprint density at radius 2 is 1.60 bits per heavy atom. The third-order valence-corrected chi connectivity index (χ3v) is 6.44. The van der Waals surface area contributed by atoms with Crippen molar-refractivity contribution < 1.29 is 9.53 Å². The molecular formula is C29H40N4O2. The van der Waals surface area contributed by atoms with Crippen molar-refractivity contribution in [2.24, 2.45) is 5.73 Å². The summed E-state index contributed by atoms with van der Waals surface area (Å²) in [7, 11) is 3.34. The predicted molar refractivity (Wildman–Crippen MR) is 146 cm³/mol. The number of aromatic nitrogens is 1. The van der Waals surface area contributed by atoms with Crippen LogP contribution in [0.4, 0.5) is 11.4 Å². The normalized spacial score (nSPS) is 10.9. The highest BCUT2D eigenvalue weighted by Gasteiger charge is 2.17. The highest BCUT2D eigenvalue weighted by atomic mass is 16.5. The molecule has 0 aliphatic rings. The fourth-order valence-corrected chi connectivity index (χ4v) is 4.45. The summed E-state index contributed by atoms with van der Waals surface area (Å²) in [6.07, 6.45) is 13.8. The lowest BCUT2D eigenvalue weighted by molar-refractivity contribution is 0.0963. The van der Waals surface area contributed by atoms with Crippen molar-refractivity contribution in [1.29, 1.82) is 0 Å². The molecular weight excluding hydrogens is 436 g/mol. The number of amides is 1. The molecule has 6 nitrogen and oxygen atoms in total. The van der Waals surface area contributed by atoms with Crippen molar-refractivity contribution in [2.75, 3.05) is 26.0 Å². The van der Waals surface area contributed by atoms with E-state index in [0.29, 0.717) is 5.56 Å². The Labute approximate surface area is 209 Å². The van der Waals surface area contributed by atoms with Crippen molar-refractivity contribution >= 4 is 28.2 Å². The summed E-state index contributed by atoms with van der Waals surface area (Å²) in [5.41, 5.74) is 9.71. The van der Waals surface area contributed by atoms with Crippen LogP contribution in [-0.4, -0.2) is 31.6 Å². The number of hydrogen-bond acceptors (Lipinski definition) is 5. The maximum absolute atomic E-state index is 12.6. The SMILES string of the molecule is CNC(=O)c1cnc2cc(OC)c(CCCCCCCCCCCN)cc2c1Nc1ccccc1. The Hall–Kier alpha value is -3.12. The summed E-state index contributed by atoms with van der Waals surface area (Å²) >= 11 is 0. The molecule has 35 heavy (non-hydrogen) atoms. The molecule has 0 unspecified atom stereocenters. The highest BCUT2D eigenvalue weighted by Crippen LogP contribution is 2.34. The molecule has 188 valence electrons. The minimum atomic E-state index is -0.168. The van der Waals surface area contributed by atoms with E-state index in [4.69, 9.17) is 10.5 Å². The molecule has 1 heterocycles. The first-order chi connectivity index (χ1) is 17.2. The summed E-state index contributed by atoms with van der Waals surface area (Å²) in [6, 6.07) is 14.0. The maximum Gasteiger partial charge on any atom is 0.254 e. The molecule has 6 heteroatoms. The summed E-state index contributed by atoms with van der Waals surface area (Å²) in [5, 5.41) is 7.11. The Bertz CT molecular complexity index is 1070. The van der Waals surface area contributed by atoms with Crippen LogP contribution in [0.2, 0.25) is 0 Å². The number of nitrogens with two attached hydrogens (primary N) is 1. The van der Waals surface area contributed by atoms with Gasteiger partial charge in [-0.2, -0.15) is 0 Å². The number of aryl methyl sites for hydroxylation is 1. The molecule has 3 aromatic rings. The van der Waals surface area contributed by atoms with Crippen LogP contribution >= 0.6 is 0 Å². The number of carbonyl (C=O) groups is 1. The number of para-hydroxylation sites is 1. The minimum Gasteiger partial charge on any atom is -0.496 e. The molecule has 1 amide bonds. The van der Waals surface area contributed by atoms with E-state index < -0.39 is 0 Å². The number of fused-ring (bicyclic) bond motifs is 1. The van der Waals surface area contributed by atoms with Gasteiger partial charge >= 0.3 is 0 Å². The van der Waals surface area contributed by atoms with Gasteiger partial charge in [0.1, 0.15) is 5.75 Å². The van der Waals surface area contributed by atoms with Gasteiger partial charge in [0.2, 0.25) is 0 Å². The number of hydrogen-bond donors (Lipinski definition) is 3. The van der Waals surface area contributed by atoms with E-state index in [1.165, 1.54) is 44.9 Å². The van der Waals surface area contributed by atoms with E-state index >= 15 is 0 Å². The van der Waals surface area contributed by atoms with E-state index in [1.807, 2.05) is 36.4 Å². The second-order valence-electron chi connectivity index (χ2n) is 9.02. The number of benzene rings is 2. The largest absolute Gasteiger partial charge is 0.496 e. The number of unbranched alkanes of at least 4 members (excludes halogenated alkanes) is 8. The van der Waals surface area contributed by atoms with E-state index in [9.17, 15) is 4.79 Å². The molecule has 0 radical (unpaired) electrons. The zero-order valence-corrected chi connectivity index (χ0v) is 21.2. The van der Waals surface area contributed by atoms with Crippen LogP contribution in [0.5, 0.6) is 5.75 Å². The topological polar surface area (TPSA) is 89.3 Å². The number of methoxy groups -OCH3 is 1. The van der Waals surface area contributed by atoms with Gasteiger partial charge in [-0.1, -0.05) is 63.1 Å². The molecule has 1 aromatic heterocycles. The number of ether oxygens (including phenoxy) is 1. The third-order valence-electron chi connectivity index (χ3n) is 6.44. The maximum atomic E-state index is 12.6. The number of rotatable bonds is 15. The van der Waals surface area contributed by atoms with E-state index in [2.05, 4.69) is 21.7 Å². The number of nitrogens with zero attached hydrogens (tertiary/aromatic N) is 1. The van der Waals surface area contributed by atoms with Gasteiger partial charge in [-0.3, -0.25) is 9.78 Å². The minimum absolute atomic E-state index is 0.168. The van der Waals surface area contributed by atoms with Crippen LogP contribution < -0.4 is 21.1 Å². The highest BCUT2D eigenvalue weighted by molar-refractivity contribution is 6.08. The molecule has 0 fully saturated rings. The fourth-order valence-electron chi connectivity index (χ4n) is 4.45. The van der Waals surface area contributed by atoms with Crippen molar-refractivity contribution in [3.05, 3.63) is 59.8 Å². The van der Waals surface area contributed by atoms with E-state index in [0.717, 1.165) is 59.4 Å². The third kappa shape index (κ3) is 7.69. The molecule has 0 bridgehead atoms. The first-order valence-electron chi connectivity index (χ1n) is 12.9. The molecule has 0 atom stereocenters. The van der Waals surface area contributed by atoms with Gasteiger partial charge in [-0.25, -0.2) is 0 Å². The molecule has 0 saturated carbocycles. The van der Waals surface area contributed by atoms with Gasteiger partial charge in [0.15, 0.2) is 0 Å². The summed E-state index contributed by atoms with van der Waals surface area (Å²) in [5.74, 6) is 0.682. The molecule has 0 aliphatic carbocycles. The van der Waals surface area contributed by atoms with Gasteiger partial charge in [0, 0.05) is 30.4 Å². The van der Waals surface area contributed by atoms with Crippen LogP contribution in [0.3, 0.4) is 0 Å². The molecule has 3 rings (SSSR count). The van der Waals surface area contributed by atoms with Crippen molar-refractivity contribution in [3.63, 3.8) is 0 Å². The van der Waals surface area contributed by atoms with E-state index in [-0.39, 0.29) is 5.91 Å². The predicted octanol–water partition coefficient (Wildman–Crippen LogP) is 6.36. The molecule has 0 aliphatic heterocycles. The van der Waals surface area contributed by atoms with Crippen molar-refractivity contribution in [3.8, 4) is 5.75 Å². The lowest BCUT2D eigenvalue weighted by Gasteiger charge is -2.16. The quantitative estimate of drug-likeness (QED) is 0.222. The Morgan fingerprint density at radius 1 is 0.943 bits per heavy atom. The second kappa shape index (κ2) is 14.3. The molecule has 4 N–H and O–H groups in total. The van der Waals surface area contributed by atoms with Crippen LogP contribution in [-0.2, 0) is 6.42 Å². The van der Waals surface area contributed by atoms with Crippen molar-refractivity contribution in [1.82, 2.24) is 10.3 Å². The Morgan fingerprint density at radius 3 is 2.23 bits per heavy atom. The monoisotopic (exact) mass is 476 g/mol. The van der Waals surface area contributed by atoms with Gasteiger partial charge in [-0.05, 0) is 49.6 Å².